The molecule has 0 aliphatic carbocycles. The van der Waals surface area contributed by atoms with E-state index in [2.05, 4.69) is 4.98 Å². The van der Waals surface area contributed by atoms with Gasteiger partial charge in [-0.25, -0.2) is 4.79 Å². The summed E-state index contributed by atoms with van der Waals surface area (Å²) < 4.78 is 4.75. The molecule has 0 aliphatic heterocycles. The molecule has 12 heavy (non-hydrogen) atoms. The Morgan fingerprint density at radius 3 is 3.00 bits per heavy atom. The normalized spacial score (nSPS) is 10.8. The molecule has 0 atom stereocenters. The molecule has 0 aliphatic rings. The van der Waals surface area contributed by atoms with Gasteiger partial charge in [0.2, 0.25) is 0 Å². The topological polar surface area (TPSA) is 72.0 Å². The van der Waals surface area contributed by atoms with Crippen molar-refractivity contribution in [3.05, 3.63) is 27.7 Å². The van der Waals surface area contributed by atoms with Crippen LogP contribution < -0.4 is 11.5 Å². The van der Waals surface area contributed by atoms with Gasteiger partial charge >= 0.3 is 5.76 Å². The van der Waals surface area contributed by atoms with Crippen LogP contribution in [0.15, 0.2) is 21.3 Å². The molecule has 5 heteroatoms. The lowest BCUT2D eigenvalue weighted by molar-refractivity contribution is 0.555. The summed E-state index contributed by atoms with van der Waals surface area (Å²) in [5.41, 5.74) is 6.80. The number of hydrogen-bond acceptors (Lipinski definition) is 3. The quantitative estimate of drug-likeness (QED) is 0.608. The minimum absolute atomic E-state index is 0.380. The molecule has 2 rings (SSSR count). The highest BCUT2D eigenvalue weighted by Gasteiger charge is 2.05. The largest absolute Gasteiger partial charge is 0.417 e. The Kier molecular flexibility index (Phi) is 1.38. The number of H-pyrrole nitrogens is 1. The number of hydrogen-bond donors (Lipinski definition) is 2. The summed E-state index contributed by atoms with van der Waals surface area (Å²) in [7, 11) is 0. The molecule has 0 amide bonds. The third-order valence-corrected chi connectivity index (χ3v) is 1.80. The Balaban J connectivity index is 2.97. The molecule has 0 saturated carbocycles. The van der Waals surface area contributed by atoms with Crippen LogP contribution in [0.5, 0.6) is 0 Å². The summed E-state index contributed by atoms with van der Waals surface area (Å²) in [4.78, 5) is 13.2. The molecule has 1 aromatic carbocycles. The van der Waals surface area contributed by atoms with Crippen molar-refractivity contribution in [2.24, 2.45) is 0 Å². The Morgan fingerprint density at radius 2 is 2.25 bits per heavy atom. The molecule has 4 nitrogen and oxygen atoms in total. The van der Waals surface area contributed by atoms with Crippen molar-refractivity contribution in [1.82, 2.24) is 4.98 Å². The van der Waals surface area contributed by atoms with Crippen LogP contribution in [0.25, 0.3) is 11.1 Å². The molecule has 0 bridgehead atoms. The zero-order valence-electron chi connectivity index (χ0n) is 5.93. The zero-order valence-corrected chi connectivity index (χ0v) is 6.68. The van der Waals surface area contributed by atoms with E-state index in [1.807, 2.05) is 0 Å². The summed E-state index contributed by atoms with van der Waals surface area (Å²) in [5, 5.41) is 0.385. The van der Waals surface area contributed by atoms with Gasteiger partial charge in [0.05, 0.1) is 5.02 Å². The van der Waals surface area contributed by atoms with Gasteiger partial charge in [0.1, 0.15) is 5.52 Å². The predicted molar refractivity (Wildman–Crippen MR) is 46.3 cm³/mol. The number of nitrogens with two attached hydrogens (primary N) is 1. The van der Waals surface area contributed by atoms with E-state index < -0.39 is 5.76 Å². The number of rotatable bonds is 0. The lowest BCUT2D eigenvalue weighted by atomic mass is 10.3. The number of oxazole rings is 1. The van der Waals surface area contributed by atoms with E-state index in [9.17, 15) is 4.79 Å². The van der Waals surface area contributed by atoms with E-state index in [4.69, 9.17) is 21.8 Å². The monoisotopic (exact) mass is 184 g/mol. The highest BCUT2D eigenvalue weighted by Crippen LogP contribution is 2.23. The molecule has 0 radical (unpaired) electrons. The first-order valence-electron chi connectivity index (χ1n) is 3.24. The highest BCUT2D eigenvalue weighted by atomic mass is 35.5. The summed E-state index contributed by atoms with van der Waals surface area (Å²) in [6, 6.07) is 3.09. The van der Waals surface area contributed by atoms with Crippen molar-refractivity contribution in [2.75, 3.05) is 5.73 Å². The number of nitrogens with one attached hydrogen (secondary N) is 1. The van der Waals surface area contributed by atoms with E-state index in [0.29, 0.717) is 21.8 Å². The van der Waals surface area contributed by atoms with Gasteiger partial charge < -0.3 is 10.2 Å². The Morgan fingerprint density at radius 1 is 1.50 bits per heavy atom. The second-order valence-corrected chi connectivity index (χ2v) is 2.80. The van der Waals surface area contributed by atoms with Crippen molar-refractivity contribution >= 4 is 28.4 Å². The molecule has 1 heterocycles. The predicted octanol–water partition coefficient (Wildman–Crippen LogP) is 1.36. The van der Waals surface area contributed by atoms with Crippen LogP contribution >= 0.6 is 11.6 Å². The first kappa shape index (κ1) is 7.24. The average molecular weight is 185 g/mol. The van der Waals surface area contributed by atoms with E-state index in [0.717, 1.165) is 0 Å². The maximum Gasteiger partial charge on any atom is 0.417 e. The molecule has 1 aromatic heterocycles. The lowest BCUT2D eigenvalue weighted by Gasteiger charge is -1.93. The molecule has 0 saturated heterocycles. The van der Waals surface area contributed by atoms with E-state index in [-0.39, 0.29) is 0 Å². The number of aromatic nitrogens is 1. The van der Waals surface area contributed by atoms with Crippen LogP contribution in [0, 0.1) is 0 Å². The Hall–Kier alpha value is -1.42. The van der Waals surface area contributed by atoms with Crippen LogP contribution in [-0.2, 0) is 0 Å². The Bertz CT molecular complexity index is 486. The van der Waals surface area contributed by atoms with Gasteiger partial charge in [-0.15, -0.1) is 0 Å². The highest BCUT2D eigenvalue weighted by molar-refractivity contribution is 6.35. The first-order valence-corrected chi connectivity index (χ1v) is 3.62. The van der Waals surface area contributed by atoms with Gasteiger partial charge in [-0.1, -0.05) is 11.6 Å². The molecule has 3 N–H and O–H groups in total. The summed E-state index contributed by atoms with van der Waals surface area (Å²) >= 11 is 5.77. The maximum atomic E-state index is 10.7. The van der Waals surface area contributed by atoms with Gasteiger partial charge in [-0.05, 0) is 6.07 Å². The van der Waals surface area contributed by atoms with Crippen LogP contribution in [0.4, 0.5) is 5.69 Å². The maximum absolute atomic E-state index is 10.7. The number of benzene rings is 1. The number of fused-ring (bicyclic) bond motifs is 1. The minimum Gasteiger partial charge on any atom is -0.408 e. The fraction of sp³-hybridized carbons (Fsp3) is 0. The van der Waals surface area contributed by atoms with Crippen molar-refractivity contribution in [2.45, 2.75) is 0 Å². The number of nitrogen functional groups attached to an aromatic ring is 1. The SMILES string of the molecule is Nc1cc(Cl)c2[nH]c(=O)oc2c1. The third kappa shape index (κ3) is 0.967. The van der Waals surface area contributed by atoms with Gasteiger partial charge in [0.15, 0.2) is 5.58 Å². The standard InChI is InChI=1S/C7H5ClN2O2/c8-4-1-3(9)2-5-6(4)10-7(11)12-5/h1-2H,9H2,(H,10,11). The van der Waals surface area contributed by atoms with Gasteiger partial charge in [-0.3, -0.25) is 4.98 Å². The molecular weight excluding hydrogens is 180 g/mol. The zero-order chi connectivity index (χ0) is 8.72. The number of anilines is 1. The minimum atomic E-state index is -0.530. The van der Waals surface area contributed by atoms with Crippen LogP contribution in [-0.4, -0.2) is 4.98 Å². The molecule has 2 aromatic rings. The number of aromatic amines is 1. The fourth-order valence-corrected chi connectivity index (χ4v) is 1.30. The van der Waals surface area contributed by atoms with Gasteiger partial charge in [0.25, 0.3) is 0 Å². The lowest BCUT2D eigenvalue weighted by Crippen LogP contribution is -1.93. The van der Waals surface area contributed by atoms with Crippen molar-refractivity contribution < 1.29 is 4.42 Å². The van der Waals surface area contributed by atoms with E-state index in [1.165, 1.54) is 0 Å². The number of halogens is 1. The van der Waals surface area contributed by atoms with Crippen LogP contribution in [0.2, 0.25) is 5.02 Å². The average Bonchev–Trinajstić information content (AvgIpc) is 2.29. The molecule has 62 valence electrons. The first-order chi connectivity index (χ1) is 5.66. The van der Waals surface area contributed by atoms with Crippen LogP contribution in [0.1, 0.15) is 0 Å². The smallest absolute Gasteiger partial charge is 0.408 e. The molecular formula is C7H5ClN2O2. The second-order valence-electron chi connectivity index (χ2n) is 2.39. The van der Waals surface area contributed by atoms with Crippen molar-refractivity contribution in [3.63, 3.8) is 0 Å². The van der Waals surface area contributed by atoms with E-state index >= 15 is 0 Å². The van der Waals surface area contributed by atoms with Crippen LogP contribution in [0.3, 0.4) is 0 Å². The van der Waals surface area contributed by atoms with Gasteiger partial charge in [-0.2, -0.15) is 0 Å². The van der Waals surface area contributed by atoms with Crippen molar-refractivity contribution in [1.29, 1.82) is 0 Å². The Labute approximate surface area is 71.9 Å². The van der Waals surface area contributed by atoms with Gasteiger partial charge in [0, 0.05) is 11.8 Å². The molecule has 0 spiro atoms. The molecule has 0 fully saturated rings. The second kappa shape index (κ2) is 2.28. The summed E-state index contributed by atoms with van der Waals surface area (Å²) in [6.07, 6.45) is 0. The fourth-order valence-electron chi connectivity index (χ4n) is 1.03. The van der Waals surface area contributed by atoms with Crippen molar-refractivity contribution in [3.8, 4) is 0 Å². The summed E-state index contributed by atoms with van der Waals surface area (Å²) in [5.74, 6) is -0.530. The summed E-state index contributed by atoms with van der Waals surface area (Å²) in [6.45, 7) is 0. The molecule has 0 unspecified atom stereocenters. The third-order valence-electron chi connectivity index (χ3n) is 1.51. The van der Waals surface area contributed by atoms with E-state index in [1.54, 1.807) is 12.1 Å².